The van der Waals surface area contributed by atoms with Gasteiger partial charge in [0.15, 0.2) is 0 Å². The fourth-order valence-electron chi connectivity index (χ4n) is 1.88. The second-order valence-corrected chi connectivity index (χ2v) is 4.54. The van der Waals surface area contributed by atoms with Crippen molar-refractivity contribution in [3.63, 3.8) is 0 Å². The van der Waals surface area contributed by atoms with Gasteiger partial charge in [-0.2, -0.15) is 0 Å². The van der Waals surface area contributed by atoms with Crippen LogP contribution in [0, 0.1) is 5.92 Å². The van der Waals surface area contributed by atoms with Crippen LogP contribution in [0.2, 0.25) is 0 Å². The Morgan fingerprint density at radius 1 is 1.47 bits per heavy atom. The van der Waals surface area contributed by atoms with Crippen molar-refractivity contribution < 1.29 is 24.2 Å². The first-order chi connectivity index (χ1) is 8.90. The number of urea groups is 1. The molecule has 1 heterocycles. The lowest BCUT2D eigenvalue weighted by atomic mass is 10.0. The molecule has 0 aliphatic carbocycles. The van der Waals surface area contributed by atoms with Gasteiger partial charge < -0.3 is 26.2 Å². The summed E-state index contributed by atoms with van der Waals surface area (Å²) in [6.07, 6.45) is 0.484. The maximum atomic E-state index is 11.5. The molecule has 0 spiro atoms. The zero-order valence-corrected chi connectivity index (χ0v) is 10.7. The lowest BCUT2D eigenvalue weighted by Gasteiger charge is -2.17. The molecular weight excluding hydrogens is 254 g/mol. The van der Waals surface area contributed by atoms with Crippen LogP contribution in [0.4, 0.5) is 4.79 Å². The molecule has 5 N–H and O–H groups in total. The first kappa shape index (κ1) is 15.2. The molecule has 8 heteroatoms. The van der Waals surface area contributed by atoms with E-state index >= 15 is 0 Å². The first-order valence-corrected chi connectivity index (χ1v) is 6.07. The van der Waals surface area contributed by atoms with Crippen LogP contribution in [0.25, 0.3) is 0 Å². The van der Waals surface area contributed by atoms with Crippen LogP contribution in [0.5, 0.6) is 0 Å². The minimum Gasteiger partial charge on any atom is -0.480 e. The number of aliphatic carboxylic acids is 1. The minimum atomic E-state index is -1.31. The molecule has 3 unspecified atom stereocenters. The van der Waals surface area contributed by atoms with Crippen LogP contribution in [-0.4, -0.2) is 48.3 Å². The molecule has 1 aliphatic heterocycles. The molecule has 3 amide bonds. The number of carboxylic acid groups (broad SMARTS) is 1. The number of nitrogens with one attached hydrogen (secondary N) is 2. The number of amides is 3. The van der Waals surface area contributed by atoms with Crippen LogP contribution in [0.1, 0.15) is 19.8 Å². The van der Waals surface area contributed by atoms with Gasteiger partial charge in [-0.3, -0.25) is 4.79 Å². The Kier molecular flexibility index (Phi) is 5.56. The summed E-state index contributed by atoms with van der Waals surface area (Å²) in [5.74, 6) is -1.87. The average molecular weight is 273 g/mol. The van der Waals surface area contributed by atoms with Gasteiger partial charge in [0, 0.05) is 19.1 Å². The molecule has 0 aromatic carbocycles. The summed E-state index contributed by atoms with van der Waals surface area (Å²) in [6, 6.07) is -1.94. The van der Waals surface area contributed by atoms with Gasteiger partial charge in [-0.1, -0.05) is 0 Å². The van der Waals surface area contributed by atoms with Crippen LogP contribution >= 0.6 is 0 Å². The summed E-state index contributed by atoms with van der Waals surface area (Å²) in [7, 11) is 0. The second-order valence-electron chi connectivity index (χ2n) is 4.54. The van der Waals surface area contributed by atoms with Gasteiger partial charge in [0.1, 0.15) is 6.04 Å². The highest BCUT2D eigenvalue weighted by Crippen LogP contribution is 2.19. The average Bonchev–Trinajstić information content (AvgIpc) is 2.70. The number of hydrogen-bond donors (Lipinski definition) is 4. The quantitative estimate of drug-likeness (QED) is 0.495. The third kappa shape index (κ3) is 5.12. The molecule has 1 rings (SSSR count). The third-order valence-electron chi connectivity index (χ3n) is 3.07. The summed E-state index contributed by atoms with van der Waals surface area (Å²) in [5.41, 5.74) is 4.91. The molecule has 8 nitrogen and oxygen atoms in total. The van der Waals surface area contributed by atoms with Crippen molar-refractivity contribution in [2.24, 2.45) is 11.7 Å². The summed E-state index contributed by atoms with van der Waals surface area (Å²) >= 11 is 0. The van der Waals surface area contributed by atoms with Crippen LogP contribution in [0.3, 0.4) is 0 Å². The Morgan fingerprint density at radius 2 is 2.16 bits per heavy atom. The number of rotatable bonds is 6. The van der Waals surface area contributed by atoms with E-state index in [1.165, 1.54) is 0 Å². The first-order valence-electron chi connectivity index (χ1n) is 6.07. The van der Waals surface area contributed by atoms with Crippen molar-refractivity contribution >= 4 is 17.9 Å². The van der Waals surface area contributed by atoms with E-state index in [1.54, 1.807) is 0 Å². The van der Waals surface area contributed by atoms with E-state index in [9.17, 15) is 14.4 Å². The Hall–Kier alpha value is -1.83. The van der Waals surface area contributed by atoms with Gasteiger partial charge in [-0.05, 0) is 13.3 Å². The SMILES string of the molecule is CC1OCCC1CNC(=O)NC(CC(N)=O)C(=O)O. The van der Waals surface area contributed by atoms with Crippen molar-refractivity contribution in [1.29, 1.82) is 0 Å². The molecule has 0 bridgehead atoms. The number of primary amides is 1. The predicted octanol–water partition coefficient (Wildman–Crippen LogP) is -0.961. The monoisotopic (exact) mass is 273 g/mol. The predicted molar refractivity (Wildman–Crippen MR) is 65.3 cm³/mol. The Labute approximate surface area is 110 Å². The molecule has 19 heavy (non-hydrogen) atoms. The molecule has 0 radical (unpaired) electrons. The molecule has 108 valence electrons. The lowest BCUT2D eigenvalue weighted by molar-refractivity contribution is -0.140. The summed E-state index contributed by atoms with van der Waals surface area (Å²) in [6.45, 7) is 2.98. The van der Waals surface area contributed by atoms with Crippen molar-refractivity contribution in [1.82, 2.24) is 10.6 Å². The molecular formula is C11H19N3O5. The highest BCUT2D eigenvalue weighted by molar-refractivity contribution is 5.87. The van der Waals surface area contributed by atoms with E-state index in [4.69, 9.17) is 15.6 Å². The number of carbonyl (C=O) groups excluding carboxylic acids is 2. The Balaban J connectivity index is 2.35. The van der Waals surface area contributed by atoms with Crippen molar-refractivity contribution in [2.75, 3.05) is 13.2 Å². The maximum Gasteiger partial charge on any atom is 0.326 e. The molecule has 0 aromatic rings. The van der Waals surface area contributed by atoms with Gasteiger partial charge >= 0.3 is 12.0 Å². The molecule has 3 atom stereocenters. The van der Waals surface area contributed by atoms with Crippen molar-refractivity contribution in [3.05, 3.63) is 0 Å². The van der Waals surface area contributed by atoms with Gasteiger partial charge in [0.05, 0.1) is 12.5 Å². The van der Waals surface area contributed by atoms with E-state index < -0.39 is 30.4 Å². The third-order valence-corrected chi connectivity index (χ3v) is 3.07. The van der Waals surface area contributed by atoms with Gasteiger partial charge in [0.25, 0.3) is 0 Å². The zero-order valence-electron chi connectivity index (χ0n) is 10.7. The largest absolute Gasteiger partial charge is 0.480 e. The summed E-state index contributed by atoms with van der Waals surface area (Å²) in [5, 5.41) is 13.6. The maximum absolute atomic E-state index is 11.5. The fourth-order valence-corrected chi connectivity index (χ4v) is 1.88. The van der Waals surface area contributed by atoms with Crippen LogP contribution < -0.4 is 16.4 Å². The zero-order chi connectivity index (χ0) is 14.4. The van der Waals surface area contributed by atoms with Gasteiger partial charge in [-0.25, -0.2) is 9.59 Å². The number of hydrogen-bond acceptors (Lipinski definition) is 4. The molecule has 1 saturated heterocycles. The Bertz CT molecular complexity index is 360. The van der Waals surface area contributed by atoms with Gasteiger partial charge in [-0.15, -0.1) is 0 Å². The van der Waals surface area contributed by atoms with E-state index in [0.717, 1.165) is 6.42 Å². The van der Waals surface area contributed by atoms with E-state index in [0.29, 0.717) is 13.2 Å². The minimum absolute atomic E-state index is 0.0705. The Morgan fingerprint density at radius 3 is 2.63 bits per heavy atom. The highest BCUT2D eigenvalue weighted by atomic mass is 16.5. The highest BCUT2D eigenvalue weighted by Gasteiger charge is 2.26. The number of nitrogens with two attached hydrogens (primary N) is 1. The number of ether oxygens (including phenoxy) is 1. The van der Waals surface area contributed by atoms with Crippen LogP contribution in [-0.2, 0) is 14.3 Å². The lowest BCUT2D eigenvalue weighted by Crippen LogP contribution is -2.48. The molecule has 1 fully saturated rings. The molecule has 1 aliphatic rings. The number of carbonyl (C=O) groups is 3. The van der Waals surface area contributed by atoms with Crippen molar-refractivity contribution in [2.45, 2.75) is 31.9 Å². The number of carboxylic acids is 1. The topological polar surface area (TPSA) is 131 Å². The van der Waals surface area contributed by atoms with Gasteiger partial charge in [0.2, 0.25) is 5.91 Å². The van der Waals surface area contributed by atoms with Crippen molar-refractivity contribution in [3.8, 4) is 0 Å². The standard InChI is InChI=1S/C11H19N3O5/c1-6-7(2-3-19-6)5-13-11(18)14-8(10(16)17)4-9(12)15/h6-8H,2-5H2,1H3,(H2,12,15)(H,16,17)(H2,13,14,18). The smallest absolute Gasteiger partial charge is 0.326 e. The van der Waals surface area contributed by atoms with E-state index in [1.807, 2.05) is 6.92 Å². The fraction of sp³-hybridized carbons (Fsp3) is 0.727. The van der Waals surface area contributed by atoms with E-state index in [2.05, 4.69) is 10.6 Å². The summed E-state index contributed by atoms with van der Waals surface area (Å²) < 4.78 is 5.34. The second kappa shape index (κ2) is 6.93. The normalized spacial score (nSPS) is 23.6. The summed E-state index contributed by atoms with van der Waals surface area (Å²) in [4.78, 5) is 33.0. The molecule has 0 saturated carbocycles. The van der Waals surface area contributed by atoms with E-state index in [-0.39, 0.29) is 12.0 Å². The molecule has 0 aromatic heterocycles. The van der Waals surface area contributed by atoms with Crippen LogP contribution in [0.15, 0.2) is 0 Å².